The first kappa shape index (κ1) is 15.7. The van der Waals surface area contributed by atoms with Crippen LogP contribution in [0, 0.1) is 0 Å². The molecule has 0 bridgehead atoms. The van der Waals surface area contributed by atoms with Crippen LogP contribution in [-0.4, -0.2) is 47.7 Å². The third kappa shape index (κ3) is 2.98. The number of hydrogen-bond acceptors (Lipinski definition) is 6. The lowest BCUT2D eigenvalue weighted by Gasteiger charge is -2.31. The van der Waals surface area contributed by atoms with E-state index in [1.807, 2.05) is 10.8 Å². The highest BCUT2D eigenvalue weighted by molar-refractivity contribution is 5.91. The normalized spacial score (nSPS) is 20.7. The van der Waals surface area contributed by atoms with E-state index in [-0.39, 0.29) is 23.9 Å². The summed E-state index contributed by atoms with van der Waals surface area (Å²) >= 11 is 0. The fraction of sp³-hybridized carbons (Fsp3) is 0.438. The molecule has 0 spiro atoms. The first-order valence-electron chi connectivity index (χ1n) is 8.37. The molecule has 2 atom stereocenters. The average Bonchev–Trinajstić information content (AvgIpc) is 3.28. The third-order valence-corrected chi connectivity index (χ3v) is 4.30. The molecule has 0 saturated carbocycles. The number of ether oxygens (including phenoxy) is 1. The standard InChI is InChI=1S/C16H19N7O2/c1-2-22-9-7-17-14(22)12-11(5-3-10-25-12)19-15(24)13-20-16-18-6-4-8-23(16)21-13/h4,6-9,11-12H,2-3,5,10H2,1H3,(H,19,24)/t11-,12-/m1/s1. The summed E-state index contributed by atoms with van der Waals surface area (Å²) in [6.45, 7) is 3.51. The number of nitrogens with zero attached hydrogens (tertiary/aromatic N) is 6. The number of carbonyl (C=O) groups excluding carboxylic acids is 1. The first-order chi connectivity index (χ1) is 12.3. The molecule has 0 aromatic carbocycles. The minimum Gasteiger partial charge on any atom is -0.368 e. The van der Waals surface area contributed by atoms with Crippen LogP contribution in [0.4, 0.5) is 0 Å². The molecule has 9 nitrogen and oxygen atoms in total. The van der Waals surface area contributed by atoms with E-state index >= 15 is 0 Å². The zero-order chi connectivity index (χ0) is 17.2. The Morgan fingerprint density at radius 3 is 3.12 bits per heavy atom. The van der Waals surface area contributed by atoms with Crippen molar-refractivity contribution in [1.29, 1.82) is 0 Å². The number of hydrogen-bond donors (Lipinski definition) is 1. The number of aromatic nitrogens is 6. The van der Waals surface area contributed by atoms with Crippen LogP contribution in [0.5, 0.6) is 0 Å². The minimum absolute atomic E-state index is 0.0989. The van der Waals surface area contributed by atoms with E-state index in [1.54, 1.807) is 24.7 Å². The van der Waals surface area contributed by atoms with Crippen molar-refractivity contribution in [2.24, 2.45) is 0 Å². The highest BCUT2D eigenvalue weighted by atomic mass is 16.5. The second-order valence-corrected chi connectivity index (χ2v) is 5.88. The van der Waals surface area contributed by atoms with Gasteiger partial charge < -0.3 is 14.6 Å². The van der Waals surface area contributed by atoms with Crippen molar-refractivity contribution in [3.8, 4) is 0 Å². The maximum absolute atomic E-state index is 12.6. The van der Waals surface area contributed by atoms with Crippen LogP contribution < -0.4 is 5.32 Å². The second kappa shape index (κ2) is 6.60. The lowest BCUT2D eigenvalue weighted by Crippen LogP contribution is -2.44. The van der Waals surface area contributed by atoms with Gasteiger partial charge >= 0.3 is 0 Å². The maximum atomic E-state index is 12.6. The Labute approximate surface area is 144 Å². The molecule has 1 aliphatic heterocycles. The van der Waals surface area contributed by atoms with Crippen LogP contribution in [-0.2, 0) is 11.3 Å². The molecule has 3 aromatic rings. The van der Waals surface area contributed by atoms with Crippen molar-refractivity contribution in [2.75, 3.05) is 6.61 Å². The lowest BCUT2D eigenvalue weighted by atomic mass is 10.0. The smallest absolute Gasteiger partial charge is 0.291 e. The summed E-state index contributed by atoms with van der Waals surface area (Å²) in [6.07, 6.45) is 8.42. The molecule has 3 aromatic heterocycles. The number of aryl methyl sites for hydroxylation is 1. The molecule has 4 heterocycles. The number of nitrogens with one attached hydrogen (secondary N) is 1. The van der Waals surface area contributed by atoms with E-state index in [2.05, 4.69) is 32.3 Å². The van der Waals surface area contributed by atoms with Crippen LogP contribution in [0.3, 0.4) is 0 Å². The maximum Gasteiger partial charge on any atom is 0.291 e. The van der Waals surface area contributed by atoms with Gasteiger partial charge in [-0.2, -0.15) is 4.98 Å². The average molecular weight is 341 g/mol. The molecule has 0 aliphatic carbocycles. The van der Waals surface area contributed by atoms with Gasteiger partial charge in [0, 0.05) is 37.9 Å². The van der Waals surface area contributed by atoms with Gasteiger partial charge in [0.2, 0.25) is 5.82 Å². The number of carbonyl (C=O) groups is 1. The molecule has 0 unspecified atom stereocenters. The molecule has 130 valence electrons. The van der Waals surface area contributed by atoms with Gasteiger partial charge in [-0.25, -0.2) is 14.5 Å². The van der Waals surface area contributed by atoms with Crippen LogP contribution in [0.15, 0.2) is 30.9 Å². The van der Waals surface area contributed by atoms with Crippen molar-refractivity contribution in [1.82, 2.24) is 34.4 Å². The van der Waals surface area contributed by atoms with E-state index < -0.39 is 0 Å². The Morgan fingerprint density at radius 2 is 2.28 bits per heavy atom. The summed E-state index contributed by atoms with van der Waals surface area (Å²) in [7, 11) is 0. The molecule has 1 saturated heterocycles. The van der Waals surface area contributed by atoms with Crippen LogP contribution in [0.1, 0.15) is 42.3 Å². The second-order valence-electron chi connectivity index (χ2n) is 5.88. The third-order valence-electron chi connectivity index (χ3n) is 4.30. The lowest BCUT2D eigenvalue weighted by molar-refractivity contribution is -0.0164. The molecule has 4 rings (SSSR count). The molecular formula is C16H19N7O2. The molecule has 0 radical (unpaired) electrons. The van der Waals surface area contributed by atoms with Crippen molar-refractivity contribution in [3.05, 3.63) is 42.5 Å². The highest BCUT2D eigenvalue weighted by Gasteiger charge is 2.32. The summed E-state index contributed by atoms with van der Waals surface area (Å²) < 4.78 is 9.43. The topological polar surface area (TPSA) is 99.2 Å². The molecule has 1 N–H and O–H groups in total. The number of imidazole rings is 1. The van der Waals surface area contributed by atoms with Gasteiger partial charge in [-0.1, -0.05) is 0 Å². The Morgan fingerprint density at radius 1 is 1.36 bits per heavy atom. The zero-order valence-corrected chi connectivity index (χ0v) is 13.9. The van der Waals surface area contributed by atoms with Gasteiger partial charge in [0.1, 0.15) is 11.9 Å². The zero-order valence-electron chi connectivity index (χ0n) is 13.9. The summed E-state index contributed by atoms with van der Waals surface area (Å²) in [5.41, 5.74) is 0. The first-order valence-corrected chi connectivity index (χ1v) is 8.37. The summed E-state index contributed by atoms with van der Waals surface area (Å²) in [4.78, 5) is 25.3. The van der Waals surface area contributed by atoms with E-state index in [0.717, 1.165) is 25.2 Å². The Bertz CT molecular complexity index is 854. The molecule has 9 heteroatoms. The van der Waals surface area contributed by atoms with Gasteiger partial charge in [-0.05, 0) is 25.8 Å². The van der Waals surface area contributed by atoms with Crippen LogP contribution in [0.2, 0.25) is 0 Å². The van der Waals surface area contributed by atoms with Crippen molar-refractivity contribution in [3.63, 3.8) is 0 Å². The van der Waals surface area contributed by atoms with Crippen molar-refractivity contribution in [2.45, 2.75) is 38.5 Å². The summed E-state index contributed by atoms with van der Waals surface area (Å²) in [5, 5.41) is 7.17. The van der Waals surface area contributed by atoms with Gasteiger partial charge in [0.25, 0.3) is 11.7 Å². The van der Waals surface area contributed by atoms with E-state index in [9.17, 15) is 4.79 Å². The molecule has 1 aliphatic rings. The largest absolute Gasteiger partial charge is 0.368 e. The van der Waals surface area contributed by atoms with E-state index in [1.165, 1.54) is 4.52 Å². The highest BCUT2D eigenvalue weighted by Crippen LogP contribution is 2.27. The predicted octanol–water partition coefficient (Wildman–Crippen LogP) is 0.991. The van der Waals surface area contributed by atoms with Gasteiger partial charge in [-0.15, -0.1) is 5.10 Å². The van der Waals surface area contributed by atoms with Crippen molar-refractivity contribution < 1.29 is 9.53 Å². The quantitative estimate of drug-likeness (QED) is 0.760. The number of amides is 1. The Balaban J connectivity index is 1.55. The van der Waals surface area contributed by atoms with E-state index in [4.69, 9.17) is 4.74 Å². The summed E-state index contributed by atoms with van der Waals surface area (Å²) in [5.74, 6) is 0.991. The molecule has 1 amide bonds. The fourth-order valence-electron chi connectivity index (χ4n) is 3.09. The number of fused-ring (bicyclic) bond motifs is 1. The monoisotopic (exact) mass is 341 g/mol. The molecule has 25 heavy (non-hydrogen) atoms. The molecule has 1 fully saturated rings. The van der Waals surface area contributed by atoms with Crippen molar-refractivity contribution >= 4 is 11.7 Å². The Hall–Kier alpha value is -2.81. The summed E-state index contributed by atoms with van der Waals surface area (Å²) in [6, 6.07) is 1.56. The van der Waals surface area contributed by atoms with E-state index in [0.29, 0.717) is 12.4 Å². The number of rotatable bonds is 4. The SMILES string of the molecule is CCn1ccnc1[C@@H]1OCCC[C@H]1NC(=O)c1nc2ncccn2n1. The van der Waals surface area contributed by atoms with Gasteiger partial charge in [0.05, 0.1) is 6.04 Å². The Kier molecular flexibility index (Phi) is 4.14. The fourth-order valence-corrected chi connectivity index (χ4v) is 3.09. The molecular weight excluding hydrogens is 322 g/mol. The van der Waals surface area contributed by atoms with Gasteiger partial charge in [0.15, 0.2) is 0 Å². The van der Waals surface area contributed by atoms with Gasteiger partial charge in [-0.3, -0.25) is 4.79 Å². The predicted molar refractivity (Wildman–Crippen MR) is 87.9 cm³/mol. The minimum atomic E-state index is -0.333. The van der Waals surface area contributed by atoms with Crippen LogP contribution in [0.25, 0.3) is 5.78 Å². The van der Waals surface area contributed by atoms with Crippen LogP contribution >= 0.6 is 0 Å².